The number of benzene rings is 2. The number of carbonyl (C=O) groups excluding carboxylic acids is 4. The molecule has 5 N–H and O–H groups in total. The molecule has 8 heteroatoms. The summed E-state index contributed by atoms with van der Waals surface area (Å²) in [5.41, 5.74) is 11.8. The maximum Gasteiger partial charge on any atom is 0.323 e. The second kappa shape index (κ2) is 7.26. The standard InChI is InChI=1S/C17H16N4O4/c1-10(22)21(14-4-2-3-12(18)9-14)17(25)16(24)20-13-7-5-11(6-8-13)15(19)23/h2-9H,18H2,1H3,(H2,19,23)(H,20,24). The van der Waals surface area contributed by atoms with E-state index in [1.165, 1.54) is 36.4 Å². The summed E-state index contributed by atoms with van der Waals surface area (Å²) >= 11 is 0. The van der Waals surface area contributed by atoms with Crippen molar-refractivity contribution in [1.82, 2.24) is 0 Å². The van der Waals surface area contributed by atoms with Crippen LogP contribution < -0.4 is 21.7 Å². The smallest absolute Gasteiger partial charge is 0.323 e. The number of hydrogen-bond donors (Lipinski definition) is 3. The maximum absolute atomic E-state index is 12.4. The van der Waals surface area contributed by atoms with E-state index < -0.39 is 23.6 Å². The molecule has 0 spiro atoms. The number of amides is 4. The van der Waals surface area contributed by atoms with Crippen molar-refractivity contribution in [3.8, 4) is 0 Å². The van der Waals surface area contributed by atoms with E-state index in [0.29, 0.717) is 5.69 Å². The first-order valence-electron chi connectivity index (χ1n) is 7.21. The van der Waals surface area contributed by atoms with E-state index in [2.05, 4.69) is 5.32 Å². The summed E-state index contributed by atoms with van der Waals surface area (Å²) in [6, 6.07) is 11.7. The second-order valence-corrected chi connectivity index (χ2v) is 5.15. The Morgan fingerprint density at radius 1 is 1.00 bits per heavy atom. The summed E-state index contributed by atoms with van der Waals surface area (Å²) in [7, 11) is 0. The van der Waals surface area contributed by atoms with Crippen molar-refractivity contribution >= 4 is 40.7 Å². The molecule has 4 amide bonds. The summed E-state index contributed by atoms with van der Waals surface area (Å²) in [5.74, 6) is -3.31. The van der Waals surface area contributed by atoms with Crippen LogP contribution in [0, 0.1) is 0 Å². The van der Waals surface area contributed by atoms with E-state index in [1.807, 2.05) is 0 Å². The van der Waals surface area contributed by atoms with Gasteiger partial charge in [-0.05, 0) is 42.5 Å². The van der Waals surface area contributed by atoms with Crippen LogP contribution >= 0.6 is 0 Å². The van der Waals surface area contributed by atoms with Gasteiger partial charge in [-0.25, -0.2) is 4.90 Å². The summed E-state index contributed by atoms with van der Waals surface area (Å²) < 4.78 is 0. The Kier molecular flexibility index (Phi) is 5.13. The predicted molar refractivity (Wildman–Crippen MR) is 92.6 cm³/mol. The van der Waals surface area contributed by atoms with E-state index in [4.69, 9.17) is 11.5 Å². The topological polar surface area (TPSA) is 136 Å². The number of nitrogens with two attached hydrogens (primary N) is 2. The van der Waals surface area contributed by atoms with Crippen LogP contribution in [0.3, 0.4) is 0 Å². The highest BCUT2D eigenvalue weighted by Crippen LogP contribution is 2.18. The van der Waals surface area contributed by atoms with E-state index >= 15 is 0 Å². The number of imide groups is 1. The van der Waals surface area contributed by atoms with Gasteiger partial charge in [0.2, 0.25) is 11.8 Å². The highest BCUT2D eigenvalue weighted by molar-refractivity contribution is 6.48. The number of nitrogens with zero attached hydrogens (tertiary/aromatic N) is 1. The number of carbonyl (C=O) groups is 4. The van der Waals surface area contributed by atoms with Crippen molar-refractivity contribution in [3.63, 3.8) is 0 Å². The van der Waals surface area contributed by atoms with Gasteiger partial charge in [-0.2, -0.15) is 0 Å². The lowest BCUT2D eigenvalue weighted by Gasteiger charge is -2.19. The molecule has 2 aromatic rings. The van der Waals surface area contributed by atoms with Gasteiger partial charge in [-0.1, -0.05) is 6.07 Å². The molecule has 25 heavy (non-hydrogen) atoms. The van der Waals surface area contributed by atoms with Crippen molar-refractivity contribution in [2.24, 2.45) is 5.73 Å². The molecule has 0 radical (unpaired) electrons. The van der Waals surface area contributed by atoms with Gasteiger partial charge in [0, 0.05) is 23.9 Å². The molecule has 0 aliphatic rings. The molecule has 8 nitrogen and oxygen atoms in total. The van der Waals surface area contributed by atoms with Gasteiger partial charge in [-0.15, -0.1) is 0 Å². The van der Waals surface area contributed by atoms with E-state index in [1.54, 1.807) is 12.1 Å². The Hall–Kier alpha value is -3.68. The van der Waals surface area contributed by atoms with Gasteiger partial charge in [0.15, 0.2) is 0 Å². The monoisotopic (exact) mass is 340 g/mol. The Morgan fingerprint density at radius 2 is 1.64 bits per heavy atom. The van der Waals surface area contributed by atoms with Crippen LogP contribution in [0.1, 0.15) is 17.3 Å². The van der Waals surface area contributed by atoms with Crippen molar-refractivity contribution < 1.29 is 19.2 Å². The molecule has 0 fully saturated rings. The fraction of sp³-hybridized carbons (Fsp3) is 0.0588. The molecule has 0 saturated carbocycles. The van der Waals surface area contributed by atoms with Crippen LogP contribution in [-0.4, -0.2) is 23.6 Å². The van der Waals surface area contributed by atoms with Gasteiger partial charge >= 0.3 is 11.8 Å². The SMILES string of the molecule is CC(=O)N(C(=O)C(=O)Nc1ccc(C(N)=O)cc1)c1cccc(N)c1. The molecule has 0 atom stereocenters. The number of nitrogens with one attached hydrogen (secondary N) is 1. The van der Waals surface area contributed by atoms with Crippen LogP contribution in [0.5, 0.6) is 0 Å². The van der Waals surface area contributed by atoms with Crippen LogP contribution in [0.4, 0.5) is 17.1 Å². The van der Waals surface area contributed by atoms with E-state index in [9.17, 15) is 19.2 Å². The van der Waals surface area contributed by atoms with Crippen LogP contribution in [-0.2, 0) is 14.4 Å². The molecule has 2 aromatic carbocycles. The molecular weight excluding hydrogens is 324 g/mol. The average Bonchev–Trinajstić information content (AvgIpc) is 2.55. The zero-order chi connectivity index (χ0) is 18.6. The second-order valence-electron chi connectivity index (χ2n) is 5.15. The molecule has 0 aromatic heterocycles. The van der Waals surface area contributed by atoms with Crippen LogP contribution in [0.2, 0.25) is 0 Å². The van der Waals surface area contributed by atoms with Crippen molar-refractivity contribution in [2.75, 3.05) is 16.0 Å². The minimum Gasteiger partial charge on any atom is -0.399 e. The van der Waals surface area contributed by atoms with Gasteiger partial charge in [-0.3, -0.25) is 19.2 Å². The van der Waals surface area contributed by atoms with Crippen LogP contribution in [0.15, 0.2) is 48.5 Å². The summed E-state index contributed by atoms with van der Waals surface area (Å²) in [5, 5.41) is 2.36. The van der Waals surface area contributed by atoms with Gasteiger partial charge in [0.25, 0.3) is 0 Å². The molecular formula is C17H16N4O4. The normalized spacial score (nSPS) is 9.96. The lowest BCUT2D eigenvalue weighted by molar-refractivity contribution is -0.136. The predicted octanol–water partition coefficient (Wildman–Crippen LogP) is 0.886. The summed E-state index contributed by atoms with van der Waals surface area (Å²) in [6.07, 6.45) is 0. The summed E-state index contributed by atoms with van der Waals surface area (Å²) in [6.45, 7) is 1.16. The number of anilines is 3. The molecule has 0 unspecified atom stereocenters. The highest BCUT2D eigenvalue weighted by Gasteiger charge is 2.27. The van der Waals surface area contributed by atoms with Crippen molar-refractivity contribution in [3.05, 3.63) is 54.1 Å². The molecule has 0 bridgehead atoms. The molecule has 0 heterocycles. The molecule has 0 aliphatic heterocycles. The van der Waals surface area contributed by atoms with E-state index in [-0.39, 0.29) is 16.9 Å². The number of rotatable bonds is 3. The number of primary amides is 1. The lowest BCUT2D eigenvalue weighted by atomic mass is 10.2. The zero-order valence-electron chi connectivity index (χ0n) is 13.4. The third-order valence-electron chi connectivity index (χ3n) is 3.27. The van der Waals surface area contributed by atoms with Crippen molar-refractivity contribution in [2.45, 2.75) is 6.92 Å². The molecule has 0 saturated heterocycles. The minimum absolute atomic E-state index is 0.191. The van der Waals surface area contributed by atoms with Crippen LogP contribution in [0.25, 0.3) is 0 Å². The third-order valence-corrected chi connectivity index (χ3v) is 3.27. The Labute approximate surface area is 143 Å². The number of hydrogen-bond acceptors (Lipinski definition) is 5. The van der Waals surface area contributed by atoms with Gasteiger partial charge in [0.1, 0.15) is 0 Å². The molecule has 2 rings (SSSR count). The Bertz CT molecular complexity index is 846. The quantitative estimate of drug-likeness (QED) is 0.563. The zero-order valence-corrected chi connectivity index (χ0v) is 13.4. The van der Waals surface area contributed by atoms with Crippen molar-refractivity contribution in [1.29, 1.82) is 0 Å². The van der Waals surface area contributed by atoms with E-state index in [0.717, 1.165) is 11.8 Å². The molecule has 128 valence electrons. The maximum atomic E-state index is 12.4. The largest absolute Gasteiger partial charge is 0.399 e. The molecule has 0 aliphatic carbocycles. The lowest BCUT2D eigenvalue weighted by Crippen LogP contribution is -2.42. The summed E-state index contributed by atoms with van der Waals surface area (Å²) in [4.78, 5) is 48.1. The van der Waals surface area contributed by atoms with Gasteiger partial charge in [0.05, 0.1) is 5.69 Å². The Balaban J connectivity index is 2.20. The van der Waals surface area contributed by atoms with Gasteiger partial charge < -0.3 is 16.8 Å². The Morgan fingerprint density at radius 3 is 2.16 bits per heavy atom. The average molecular weight is 340 g/mol. The fourth-order valence-electron chi connectivity index (χ4n) is 2.11. The third kappa shape index (κ3) is 4.20. The first-order valence-corrected chi connectivity index (χ1v) is 7.21. The first-order chi connectivity index (χ1) is 11.8. The minimum atomic E-state index is -1.06. The first kappa shape index (κ1) is 17.7. The number of nitrogen functional groups attached to an aromatic ring is 1. The fourth-order valence-corrected chi connectivity index (χ4v) is 2.11. The highest BCUT2D eigenvalue weighted by atomic mass is 16.2.